The summed E-state index contributed by atoms with van der Waals surface area (Å²) in [6.45, 7) is -4.37. The number of halogens is 6. The van der Waals surface area contributed by atoms with E-state index in [4.69, 9.17) is 5.11 Å². The van der Waals surface area contributed by atoms with Gasteiger partial charge in [0.05, 0.1) is 0 Å². The van der Waals surface area contributed by atoms with Crippen molar-refractivity contribution in [1.82, 2.24) is 0 Å². The van der Waals surface area contributed by atoms with Crippen LogP contribution in [-0.4, -0.2) is 48.4 Å². The van der Waals surface area contributed by atoms with Gasteiger partial charge in [-0.15, -0.1) is 0 Å². The maximum absolute atomic E-state index is 13.1. The average molecular weight is 356 g/mol. The fraction of sp³-hybridized carbons (Fsp3) is 1.00. The van der Waals surface area contributed by atoms with Gasteiger partial charge in [-0.05, 0) is 18.6 Å². The molecule has 0 aromatic rings. The molecule has 1 N–H and O–H groups in total. The van der Waals surface area contributed by atoms with Gasteiger partial charge >= 0.3 is 17.8 Å². The Morgan fingerprint density at radius 1 is 0.773 bits per heavy atom. The van der Waals surface area contributed by atoms with Crippen LogP contribution in [0, 0.1) is 0 Å². The normalized spacial score (nSPS) is 13.6. The minimum Gasteiger partial charge on any atom is -0.390 e. The molecule has 0 aliphatic carbocycles. The van der Waals surface area contributed by atoms with Gasteiger partial charge in [0.25, 0.3) is 0 Å². The zero-order valence-electron chi connectivity index (χ0n) is 12.1. The Kier molecular flexibility index (Phi) is 9.80. The molecule has 0 saturated carbocycles. The second-order valence-corrected chi connectivity index (χ2v) is 5.49. The van der Waals surface area contributed by atoms with E-state index in [2.05, 4.69) is 17.4 Å². The van der Waals surface area contributed by atoms with Gasteiger partial charge in [-0.25, -0.2) is 0 Å². The maximum Gasteiger partial charge on any atom is 0.376 e. The first-order valence-electron chi connectivity index (χ1n) is 7.05. The lowest BCUT2D eigenvalue weighted by Gasteiger charge is -2.31. The van der Waals surface area contributed by atoms with Crippen molar-refractivity contribution < 1.29 is 36.2 Å². The number of thiol groups is 1. The summed E-state index contributed by atoms with van der Waals surface area (Å²) < 4.78 is 81.9. The van der Waals surface area contributed by atoms with E-state index in [1.165, 1.54) is 0 Å². The van der Waals surface area contributed by atoms with E-state index >= 15 is 0 Å². The minimum atomic E-state index is -5.67. The molecule has 22 heavy (non-hydrogen) atoms. The first kappa shape index (κ1) is 21.9. The highest BCUT2D eigenvalue weighted by atomic mass is 32.1. The van der Waals surface area contributed by atoms with E-state index in [1.54, 1.807) is 0 Å². The number of aliphatic hydroxyl groups is 1. The molecule has 0 aromatic carbocycles. The highest BCUT2D eigenvalue weighted by molar-refractivity contribution is 7.80. The number of ether oxygens (including phenoxy) is 1. The number of alkyl halides is 6. The lowest BCUT2D eigenvalue weighted by Crippen LogP contribution is -2.57. The molecular formula is C13H22F6O2S. The van der Waals surface area contributed by atoms with E-state index in [1.807, 2.05) is 0 Å². The molecule has 0 bridgehead atoms. The fourth-order valence-corrected chi connectivity index (χ4v) is 1.90. The largest absolute Gasteiger partial charge is 0.390 e. The van der Waals surface area contributed by atoms with E-state index in [0.29, 0.717) is 12.8 Å². The molecule has 0 rings (SSSR count). The number of hydrogen-bond acceptors (Lipinski definition) is 3. The van der Waals surface area contributed by atoms with Crippen LogP contribution in [0.4, 0.5) is 26.3 Å². The molecule has 9 heteroatoms. The monoisotopic (exact) mass is 356 g/mol. The quantitative estimate of drug-likeness (QED) is 0.295. The van der Waals surface area contributed by atoms with E-state index < -0.39 is 31.0 Å². The SMILES string of the molecule is OCC(F)(F)C(F)(F)C(F)(F)COCCCCCCCCS. The van der Waals surface area contributed by atoms with Crippen molar-refractivity contribution in [2.24, 2.45) is 0 Å². The highest BCUT2D eigenvalue weighted by Gasteiger charge is 2.71. The van der Waals surface area contributed by atoms with E-state index in [0.717, 1.165) is 31.4 Å². The van der Waals surface area contributed by atoms with Crippen molar-refractivity contribution in [1.29, 1.82) is 0 Å². The van der Waals surface area contributed by atoms with Gasteiger partial charge in [0.15, 0.2) is 0 Å². The Hall–Kier alpha value is -0.150. The van der Waals surface area contributed by atoms with Crippen LogP contribution in [0.3, 0.4) is 0 Å². The van der Waals surface area contributed by atoms with Crippen LogP contribution in [0.2, 0.25) is 0 Å². The fourth-order valence-electron chi connectivity index (χ4n) is 1.68. The lowest BCUT2D eigenvalue weighted by molar-refractivity contribution is -0.326. The van der Waals surface area contributed by atoms with Gasteiger partial charge < -0.3 is 9.84 Å². The van der Waals surface area contributed by atoms with E-state index in [9.17, 15) is 26.3 Å². The van der Waals surface area contributed by atoms with Crippen LogP contribution in [0.5, 0.6) is 0 Å². The third kappa shape index (κ3) is 6.54. The zero-order chi connectivity index (χ0) is 17.3. The molecule has 0 aliphatic heterocycles. The average Bonchev–Trinajstić information content (AvgIpc) is 2.45. The van der Waals surface area contributed by atoms with Gasteiger partial charge in [0.2, 0.25) is 0 Å². The first-order valence-corrected chi connectivity index (χ1v) is 7.68. The Morgan fingerprint density at radius 2 is 1.27 bits per heavy atom. The van der Waals surface area contributed by atoms with Gasteiger partial charge in [-0.2, -0.15) is 39.0 Å². The van der Waals surface area contributed by atoms with Gasteiger partial charge in [0, 0.05) is 6.61 Å². The molecule has 0 atom stereocenters. The summed E-state index contributed by atoms with van der Waals surface area (Å²) in [5, 5.41) is 8.11. The summed E-state index contributed by atoms with van der Waals surface area (Å²) in [5.41, 5.74) is 0. The number of rotatable bonds is 13. The topological polar surface area (TPSA) is 29.5 Å². The Balaban J connectivity index is 3.99. The summed E-state index contributed by atoms with van der Waals surface area (Å²) >= 11 is 4.05. The molecule has 0 aromatic heterocycles. The van der Waals surface area contributed by atoms with Crippen LogP contribution < -0.4 is 0 Å². The molecule has 2 nitrogen and oxygen atoms in total. The van der Waals surface area contributed by atoms with Crippen molar-refractivity contribution in [3.63, 3.8) is 0 Å². The van der Waals surface area contributed by atoms with Crippen molar-refractivity contribution in [3.8, 4) is 0 Å². The molecular weight excluding hydrogens is 334 g/mol. The highest BCUT2D eigenvalue weighted by Crippen LogP contribution is 2.45. The van der Waals surface area contributed by atoms with Gasteiger partial charge in [0.1, 0.15) is 13.2 Å². The summed E-state index contributed by atoms with van der Waals surface area (Å²) in [6, 6.07) is 0. The molecule has 0 aliphatic rings. The number of aliphatic hydroxyl groups excluding tert-OH is 1. The predicted octanol–water partition coefficient (Wildman–Crippen LogP) is 4.17. The third-order valence-corrected chi connectivity index (χ3v) is 3.41. The van der Waals surface area contributed by atoms with Crippen molar-refractivity contribution >= 4 is 12.6 Å². The maximum atomic E-state index is 13.1. The molecule has 0 unspecified atom stereocenters. The molecule has 0 spiro atoms. The van der Waals surface area contributed by atoms with Crippen LogP contribution in [0.1, 0.15) is 38.5 Å². The standard InChI is InChI=1S/C13H22F6O2S/c14-11(15,9-20)13(18,19)12(16,17)10-21-7-5-3-1-2-4-6-8-22/h20,22H,1-10H2. The lowest BCUT2D eigenvalue weighted by atomic mass is 10.1. The van der Waals surface area contributed by atoms with Crippen LogP contribution in [0.25, 0.3) is 0 Å². The molecule has 0 saturated heterocycles. The minimum absolute atomic E-state index is 0.205. The summed E-state index contributed by atoms with van der Waals surface area (Å²) in [6.07, 6.45) is 4.87. The third-order valence-electron chi connectivity index (χ3n) is 3.10. The van der Waals surface area contributed by atoms with E-state index in [-0.39, 0.29) is 6.61 Å². The van der Waals surface area contributed by atoms with Crippen molar-refractivity contribution in [2.75, 3.05) is 25.6 Å². The Bertz CT molecular complexity index is 302. The predicted molar refractivity (Wildman–Crippen MR) is 74.3 cm³/mol. The number of hydrogen-bond donors (Lipinski definition) is 2. The van der Waals surface area contributed by atoms with Crippen LogP contribution in [-0.2, 0) is 4.74 Å². The second-order valence-electron chi connectivity index (χ2n) is 5.04. The summed E-state index contributed by atoms with van der Waals surface area (Å²) in [7, 11) is 0. The second kappa shape index (κ2) is 9.87. The van der Waals surface area contributed by atoms with Crippen molar-refractivity contribution in [3.05, 3.63) is 0 Å². The van der Waals surface area contributed by atoms with Gasteiger partial charge in [-0.3, -0.25) is 0 Å². The Labute approximate surface area is 131 Å². The molecule has 0 radical (unpaired) electrons. The van der Waals surface area contributed by atoms with Gasteiger partial charge in [-0.1, -0.05) is 25.7 Å². The summed E-state index contributed by atoms with van der Waals surface area (Å²) in [4.78, 5) is 0. The zero-order valence-corrected chi connectivity index (χ0v) is 13.0. The Morgan fingerprint density at radius 3 is 1.77 bits per heavy atom. The summed E-state index contributed by atoms with van der Waals surface area (Å²) in [5.74, 6) is -15.1. The molecule has 0 heterocycles. The van der Waals surface area contributed by atoms with Crippen LogP contribution >= 0.6 is 12.6 Å². The van der Waals surface area contributed by atoms with Crippen molar-refractivity contribution in [2.45, 2.75) is 56.3 Å². The van der Waals surface area contributed by atoms with Crippen LogP contribution in [0.15, 0.2) is 0 Å². The first-order chi connectivity index (χ1) is 10.1. The smallest absolute Gasteiger partial charge is 0.376 e. The molecule has 0 amide bonds. The molecule has 0 fully saturated rings. The molecule has 134 valence electrons. The number of unbranched alkanes of at least 4 members (excludes halogenated alkanes) is 5.